The molecule has 1 atom stereocenters. The van der Waals surface area contributed by atoms with Crippen LogP contribution in [0.5, 0.6) is 0 Å². The van der Waals surface area contributed by atoms with Gasteiger partial charge in [-0.1, -0.05) is 32.0 Å². The lowest BCUT2D eigenvalue weighted by Gasteiger charge is -2.36. The predicted octanol–water partition coefficient (Wildman–Crippen LogP) is 1.52. The lowest BCUT2D eigenvalue weighted by Crippen LogP contribution is -2.52. The van der Waals surface area contributed by atoms with E-state index < -0.39 is 0 Å². The summed E-state index contributed by atoms with van der Waals surface area (Å²) in [6, 6.07) is 7.43. The summed E-state index contributed by atoms with van der Waals surface area (Å²) < 4.78 is 0. The molecule has 2 aliphatic rings. The van der Waals surface area contributed by atoms with E-state index in [1.165, 1.54) is 4.90 Å². The quantitative estimate of drug-likeness (QED) is 0.790. The van der Waals surface area contributed by atoms with Gasteiger partial charge in [0.2, 0.25) is 5.91 Å². The number of para-hydroxylation sites is 1. The van der Waals surface area contributed by atoms with Crippen LogP contribution in [0.15, 0.2) is 24.3 Å². The van der Waals surface area contributed by atoms with Crippen LogP contribution in [-0.4, -0.2) is 60.4 Å². The smallest absolute Gasteiger partial charge is 0.251 e. The molecule has 23 heavy (non-hydrogen) atoms. The first kappa shape index (κ1) is 16.1. The normalized spacial score (nSPS) is 23.7. The van der Waals surface area contributed by atoms with Crippen molar-refractivity contribution in [1.82, 2.24) is 9.80 Å². The number of imide groups is 1. The molecule has 1 aromatic rings. The molecule has 2 saturated heterocycles. The fraction of sp³-hybridized carbons (Fsp3) is 0.556. The van der Waals surface area contributed by atoms with Gasteiger partial charge in [0.05, 0.1) is 18.2 Å². The minimum atomic E-state index is -0.286. The Morgan fingerprint density at radius 2 is 1.74 bits per heavy atom. The van der Waals surface area contributed by atoms with Crippen molar-refractivity contribution in [2.24, 2.45) is 0 Å². The summed E-state index contributed by atoms with van der Waals surface area (Å²) >= 11 is 0. The maximum absolute atomic E-state index is 12.9. The van der Waals surface area contributed by atoms with Crippen LogP contribution in [0.25, 0.3) is 0 Å². The van der Waals surface area contributed by atoms with E-state index >= 15 is 0 Å². The lowest BCUT2D eigenvalue weighted by molar-refractivity contribution is -0.123. The van der Waals surface area contributed by atoms with E-state index in [1.54, 1.807) is 0 Å². The van der Waals surface area contributed by atoms with Crippen LogP contribution in [0.1, 0.15) is 25.8 Å². The molecule has 0 unspecified atom stereocenters. The van der Waals surface area contributed by atoms with Gasteiger partial charge in [0.25, 0.3) is 5.91 Å². The third kappa shape index (κ3) is 3.03. The average molecular weight is 315 g/mol. The predicted molar refractivity (Wildman–Crippen MR) is 90.4 cm³/mol. The molecule has 2 fully saturated rings. The first-order valence-corrected chi connectivity index (χ1v) is 8.56. The van der Waals surface area contributed by atoms with Crippen molar-refractivity contribution in [2.45, 2.75) is 32.7 Å². The molecule has 124 valence electrons. The largest absolute Gasteiger partial charge is 0.301 e. The monoisotopic (exact) mass is 315 g/mol. The minimum absolute atomic E-state index is 0.0548. The number of carbonyl (C=O) groups is 2. The van der Waals surface area contributed by atoms with E-state index in [4.69, 9.17) is 0 Å². The van der Waals surface area contributed by atoms with Crippen molar-refractivity contribution in [1.29, 1.82) is 0 Å². The van der Waals surface area contributed by atoms with Gasteiger partial charge in [0.15, 0.2) is 0 Å². The minimum Gasteiger partial charge on any atom is -0.301 e. The number of nitrogens with zero attached hydrogens (tertiary/aromatic N) is 3. The second kappa shape index (κ2) is 6.81. The number of hydrogen-bond acceptors (Lipinski definition) is 4. The molecule has 0 saturated carbocycles. The van der Waals surface area contributed by atoms with Crippen molar-refractivity contribution < 1.29 is 9.59 Å². The first-order chi connectivity index (χ1) is 11.2. The fourth-order valence-electron chi connectivity index (χ4n) is 3.57. The van der Waals surface area contributed by atoms with E-state index in [2.05, 4.69) is 16.7 Å². The van der Waals surface area contributed by atoms with Crippen LogP contribution in [0.2, 0.25) is 0 Å². The van der Waals surface area contributed by atoms with Crippen LogP contribution >= 0.6 is 0 Å². The first-order valence-electron chi connectivity index (χ1n) is 8.56. The summed E-state index contributed by atoms with van der Waals surface area (Å²) in [4.78, 5) is 31.4. The Balaban J connectivity index is 1.78. The van der Waals surface area contributed by atoms with Gasteiger partial charge in [-0.15, -0.1) is 0 Å². The molecule has 2 aliphatic heterocycles. The number of benzene rings is 1. The molecule has 0 radical (unpaired) electrons. The number of anilines is 1. The molecule has 2 amide bonds. The molecular weight excluding hydrogens is 290 g/mol. The summed E-state index contributed by atoms with van der Waals surface area (Å²) in [5.74, 6) is -0.125. The molecule has 0 N–H and O–H groups in total. The Morgan fingerprint density at radius 3 is 2.39 bits per heavy atom. The molecule has 1 aromatic carbocycles. The van der Waals surface area contributed by atoms with Crippen LogP contribution in [0, 0.1) is 0 Å². The SMILES string of the molecule is CCc1ccccc1N1C(=O)C[C@@H](N2CCN(CC)CC2)C1=O. The maximum Gasteiger partial charge on any atom is 0.251 e. The highest BCUT2D eigenvalue weighted by atomic mass is 16.2. The molecule has 0 bridgehead atoms. The van der Waals surface area contributed by atoms with Gasteiger partial charge in [-0.3, -0.25) is 14.5 Å². The van der Waals surface area contributed by atoms with Crippen LogP contribution in [0.3, 0.4) is 0 Å². The van der Waals surface area contributed by atoms with Crippen LogP contribution in [-0.2, 0) is 16.0 Å². The van der Waals surface area contributed by atoms with Gasteiger partial charge in [-0.05, 0) is 24.6 Å². The van der Waals surface area contributed by atoms with E-state index in [9.17, 15) is 9.59 Å². The van der Waals surface area contributed by atoms with Gasteiger partial charge in [-0.25, -0.2) is 4.90 Å². The van der Waals surface area contributed by atoms with Crippen molar-refractivity contribution in [3.05, 3.63) is 29.8 Å². The third-order valence-electron chi connectivity index (χ3n) is 5.03. The second-order valence-electron chi connectivity index (χ2n) is 6.24. The van der Waals surface area contributed by atoms with Crippen molar-refractivity contribution in [2.75, 3.05) is 37.6 Å². The van der Waals surface area contributed by atoms with Gasteiger partial charge in [0, 0.05) is 26.2 Å². The summed E-state index contributed by atoms with van der Waals surface area (Å²) in [5.41, 5.74) is 1.81. The Hall–Kier alpha value is -1.72. The zero-order chi connectivity index (χ0) is 16.4. The lowest BCUT2D eigenvalue weighted by atomic mass is 10.1. The topological polar surface area (TPSA) is 43.9 Å². The fourth-order valence-corrected chi connectivity index (χ4v) is 3.57. The Morgan fingerprint density at radius 1 is 1.04 bits per heavy atom. The van der Waals surface area contributed by atoms with Gasteiger partial charge in [0.1, 0.15) is 0 Å². The number of piperazine rings is 1. The standard InChI is InChI=1S/C18H25N3O2/c1-3-14-7-5-6-8-15(14)21-17(22)13-16(18(21)23)20-11-9-19(4-2)10-12-20/h5-8,16H,3-4,9-13H2,1-2H3/t16-/m1/s1. The zero-order valence-corrected chi connectivity index (χ0v) is 14.0. The Labute approximate surface area is 137 Å². The van der Waals surface area contributed by atoms with Gasteiger partial charge < -0.3 is 4.90 Å². The van der Waals surface area contributed by atoms with Gasteiger partial charge in [-0.2, -0.15) is 0 Å². The van der Waals surface area contributed by atoms with E-state index in [0.29, 0.717) is 6.42 Å². The van der Waals surface area contributed by atoms with Crippen molar-refractivity contribution >= 4 is 17.5 Å². The number of amides is 2. The maximum atomic E-state index is 12.9. The highest BCUT2D eigenvalue weighted by Gasteiger charge is 2.43. The summed E-state index contributed by atoms with van der Waals surface area (Å²) in [6.45, 7) is 8.91. The van der Waals surface area contributed by atoms with Crippen molar-refractivity contribution in [3.63, 3.8) is 0 Å². The molecule has 0 aliphatic carbocycles. The summed E-state index contributed by atoms with van der Waals surface area (Å²) in [5, 5.41) is 0. The highest BCUT2D eigenvalue weighted by molar-refractivity contribution is 6.22. The Bertz CT molecular complexity index is 594. The third-order valence-corrected chi connectivity index (χ3v) is 5.03. The number of carbonyl (C=O) groups excluding carboxylic acids is 2. The molecule has 3 rings (SSSR count). The van der Waals surface area contributed by atoms with Crippen LogP contribution in [0.4, 0.5) is 5.69 Å². The molecular formula is C18H25N3O2. The molecule has 2 heterocycles. The summed E-state index contributed by atoms with van der Waals surface area (Å²) in [6.07, 6.45) is 1.12. The number of hydrogen-bond donors (Lipinski definition) is 0. The summed E-state index contributed by atoms with van der Waals surface area (Å²) in [7, 11) is 0. The van der Waals surface area contributed by atoms with Gasteiger partial charge >= 0.3 is 0 Å². The highest BCUT2D eigenvalue weighted by Crippen LogP contribution is 2.29. The van der Waals surface area contributed by atoms with E-state index in [-0.39, 0.29) is 17.9 Å². The number of rotatable bonds is 4. The molecule has 0 aromatic heterocycles. The van der Waals surface area contributed by atoms with E-state index in [1.807, 2.05) is 31.2 Å². The molecule has 0 spiro atoms. The number of likely N-dealkylation sites (N-methyl/N-ethyl adjacent to an activating group) is 1. The Kier molecular flexibility index (Phi) is 4.78. The van der Waals surface area contributed by atoms with E-state index in [0.717, 1.165) is 50.4 Å². The average Bonchev–Trinajstić information content (AvgIpc) is 2.89. The molecule has 5 heteroatoms. The zero-order valence-electron chi connectivity index (χ0n) is 14.0. The second-order valence-corrected chi connectivity index (χ2v) is 6.24. The number of aryl methyl sites for hydroxylation is 1. The van der Waals surface area contributed by atoms with Crippen LogP contribution < -0.4 is 4.90 Å². The molecule has 5 nitrogen and oxygen atoms in total. The van der Waals surface area contributed by atoms with Crippen molar-refractivity contribution in [3.8, 4) is 0 Å².